The van der Waals surface area contributed by atoms with E-state index in [2.05, 4.69) is 31.3 Å². The molecule has 2 aromatic rings. The fourth-order valence-electron chi connectivity index (χ4n) is 2.21. The van der Waals surface area contributed by atoms with E-state index in [1.165, 1.54) is 5.56 Å². The molecular weight excluding hydrogens is 276 g/mol. The van der Waals surface area contributed by atoms with Gasteiger partial charge in [0.15, 0.2) is 0 Å². The summed E-state index contributed by atoms with van der Waals surface area (Å²) in [5.41, 5.74) is 3.02. The quantitative estimate of drug-likeness (QED) is 0.832. The Balaban J connectivity index is 1.77. The van der Waals surface area contributed by atoms with Crippen LogP contribution in [-0.2, 0) is 7.05 Å². The zero-order valence-corrected chi connectivity index (χ0v) is 13.7. The van der Waals surface area contributed by atoms with E-state index in [0.717, 1.165) is 11.4 Å². The summed E-state index contributed by atoms with van der Waals surface area (Å²) in [7, 11) is 1.89. The molecule has 0 spiro atoms. The Labute approximate surface area is 132 Å². The van der Waals surface area contributed by atoms with Gasteiger partial charge in [0.05, 0.1) is 6.54 Å². The molecule has 4 heteroatoms. The second-order valence-electron chi connectivity index (χ2n) is 5.75. The molecule has 118 valence electrons. The predicted octanol–water partition coefficient (Wildman–Crippen LogP) is 3.27. The van der Waals surface area contributed by atoms with E-state index in [-0.39, 0.29) is 5.91 Å². The Morgan fingerprint density at radius 2 is 1.86 bits per heavy atom. The number of benzene rings is 1. The molecule has 0 aliphatic carbocycles. The van der Waals surface area contributed by atoms with Gasteiger partial charge >= 0.3 is 0 Å². The van der Waals surface area contributed by atoms with E-state index in [1.54, 1.807) is 0 Å². The molecule has 0 fully saturated rings. The maximum absolute atomic E-state index is 12.0. The van der Waals surface area contributed by atoms with Crippen LogP contribution in [0.2, 0.25) is 0 Å². The van der Waals surface area contributed by atoms with Gasteiger partial charge in [-0.25, -0.2) is 0 Å². The first-order chi connectivity index (χ1) is 10.5. The van der Waals surface area contributed by atoms with Gasteiger partial charge in [-0.05, 0) is 42.7 Å². The number of aromatic nitrogens is 1. The normalized spacial score (nSPS) is 10.8. The molecule has 2 rings (SSSR count). The zero-order chi connectivity index (χ0) is 16.1. The largest absolute Gasteiger partial charge is 0.492 e. The number of carbonyl (C=O) groups excluding carboxylic acids is 1. The molecule has 1 aromatic heterocycles. The van der Waals surface area contributed by atoms with Crippen molar-refractivity contribution in [1.29, 1.82) is 0 Å². The van der Waals surface area contributed by atoms with Gasteiger partial charge in [-0.15, -0.1) is 0 Å². The van der Waals surface area contributed by atoms with Gasteiger partial charge in [0.1, 0.15) is 18.1 Å². The van der Waals surface area contributed by atoms with Crippen LogP contribution in [0, 0.1) is 6.92 Å². The number of hydrogen-bond acceptors (Lipinski definition) is 2. The standard InChI is InChI=1S/C18H24N2O2/c1-13(2)15-6-8-16(9-7-15)22-12-11-19-18(21)17-10-5-14(3)20(17)4/h5-10,13H,11-12H2,1-4H3,(H,19,21). The highest BCUT2D eigenvalue weighted by molar-refractivity contribution is 5.92. The van der Waals surface area contributed by atoms with Crippen LogP contribution < -0.4 is 10.1 Å². The fraction of sp³-hybridized carbons (Fsp3) is 0.389. The minimum atomic E-state index is -0.0747. The Bertz CT molecular complexity index is 627. The van der Waals surface area contributed by atoms with Crippen molar-refractivity contribution in [2.75, 3.05) is 13.2 Å². The molecule has 0 radical (unpaired) electrons. The first-order valence-corrected chi connectivity index (χ1v) is 7.62. The van der Waals surface area contributed by atoms with Gasteiger partial charge in [0.25, 0.3) is 5.91 Å². The molecule has 0 saturated heterocycles. The average Bonchev–Trinajstić information content (AvgIpc) is 2.84. The topological polar surface area (TPSA) is 43.3 Å². The minimum Gasteiger partial charge on any atom is -0.492 e. The van der Waals surface area contributed by atoms with E-state index in [4.69, 9.17) is 4.74 Å². The van der Waals surface area contributed by atoms with Crippen LogP contribution in [0.4, 0.5) is 0 Å². The molecule has 1 amide bonds. The Morgan fingerprint density at radius 1 is 1.18 bits per heavy atom. The first kappa shape index (κ1) is 16.1. The van der Waals surface area contributed by atoms with E-state index >= 15 is 0 Å². The van der Waals surface area contributed by atoms with Crippen molar-refractivity contribution in [2.24, 2.45) is 7.05 Å². The molecule has 0 unspecified atom stereocenters. The molecule has 22 heavy (non-hydrogen) atoms. The van der Waals surface area contributed by atoms with Crippen LogP contribution in [0.1, 0.15) is 41.5 Å². The third-order valence-electron chi connectivity index (χ3n) is 3.81. The molecular formula is C18H24N2O2. The lowest BCUT2D eigenvalue weighted by atomic mass is 10.0. The molecule has 0 atom stereocenters. The maximum atomic E-state index is 12.0. The zero-order valence-electron chi connectivity index (χ0n) is 13.7. The summed E-state index contributed by atoms with van der Waals surface area (Å²) < 4.78 is 7.52. The first-order valence-electron chi connectivity index (χ1n) is 7.62. The number of nitrogens with zero attached hydrogens (tertiary/aromatic N) is 1. The number of carbonyl (C=O) groups is 1. The van der Waals surface area contributed by atoms with Gasteiger partial charge in [-0.3, -0.25) is 4.79 Å². The van der Waals surface area contributed by atoms with Gasteiger partial charge in [-0.1, -0.05) is 26.0 Å². The minimum absolute atomic E-state index is 0.0747. The second kappa shape index (κ2) is 7.16. The summed E-state index contributed by atoms with van der Waals surface area (Å²) in [6, 6.07) is 11.9. The molecule has 1 aromatic carbocycles. The van der Waals surface area contributed by atoms with Crippen molar-refractivity contribution in [3.8, 4) is 5.75 Å². The van der Waals surface area contributed by atoms with E-state index < -0.39 is 0 Å². The third-order valence-corrected chi connectivity index (χ3v) is 3.81. The monoisotopic (exact) mass is 300 g/mol. The van der Waals surface area contributed by atoms with Crippen molar-refractivity contribution in [3.63, 3.8) is 0 Å². The maximum Gasteiger partial charge on any atom is 0.268 e. The Morgan fingerprint density at radius 3 is 2.41 bits per heavy atom. The van der Waals surface area contributed by atoms with Crippen LogP contribution >= 0.6 is 0 Å². The highest BCUT2D eigenvalue weighted by Gasteiger charge is 2.09. The van der Waals surface area contributed by atoms with Crippen LogP contribution in [0.25, 0.3) is 0 Å². The lowest BCUT2D eigenvalue weighted by Crippen LogP contribution is -2.29. The molecule has 0 aliphatic heterocycles. The van der Waals surface area contributed by atoms with Gasteiger partial charge in [0, 0.05) is 12.7 Å². The molecule has 1 N–H and O–H groups in total. The van der Waals surface area contributed by atoms with Crippen molar-refractivity contribution >= 4 is 5.91 Å². The van der Waals surface area contributed by atoms with Crippen LogP contribution in [-0.4, -0.2) is 23.6 Å². The highest BCUT2D eigenvalue weighted by atomic mass is 16.5. The molecule has 0 saturated carbocycles. The summed E-state index contributed by atoms with van der Waals surface area (Å²) in [5.74, 6) is 1.27. The Hall–Kier alpha value is -2.23. The number of rotatable bonds is 6. The average molecular weight is 300 g/mol. The number of ether oxygens (including phenoxy) is 1. The smallest absolute Gasteiger partial charge is 0.268 e. The lowest BCUT2D eigenvalue weighted by molar-refractivity contribution is 0.0938. The predicted molar refractivity (Wildman–Crippen MR) is 88.5 cm³/mol. The van der Waals surface area contributed by atoms with Gasteiger partial charge < -0.3 is 14.6 Å². The SMILES string of the molecule is Cc1ccc(C(=O)NCCOc2ccc(C(C)C)cc2)n1C. The molecule has 0 aliphatic rings. The number of aryl methyl sites for hydroxylation is 1. The fourth-order valence-corrected chi connectivity index (χ4v) is 2.21. The van der Waals surface area contributed by atoms with E-state index in [0.29, 0.717) is 24.8 Å². The van der Waals surface area contributed by atoms with Crippen molar-refractivity contribution in [1.82, 2.24) is 9.88 Å². The summed E-state index contributed by atoms with van der Waals surface area (Å²) >= 11 is 0. The Kier molecular flexibility index (Phi) is 5.26. The van der Waals surface area contributed by atoms with Crippen molar-refractivity contribution in [3.05, 3.63) is 53.3 Å². The molecule has 4 nitrogen and oxygen atoms in total. The lowest BCUT2D eigenvalue weighted by Gasteiger charge is -2.10. The summed E-state index contributed by atoms with van der Waals surface area (Å²) in [4.78, 5) is 12.0. The van der Waals surface area contributed by atoms with Crippen LogP contribution in [0.3, 0.4) is 0 Å². The van der Waals surface area contributed by atoms with Gasteiger partial charge in [0.2, 0.25) is 0 Å². The van der Waals surface area contributed by atoms with Crippen LogP contribution in [0.5, 0.6) is 5.75 Å². The van der Waals surface area contributed by atoms with E-state index in [9.17, 15) is 4.79 Å². The summed E-state index contributed by atoms with van der Waals surface area (Å²) in [6.45, 7) is 7.24. The summed E-state index contributed by atoms with van der Waals surface area (Å²) in [6.07, 6.45) is 0. The van der Waals surface area contributed by atoms with Crippen LogP contribution in [0.15, 0.2) is 36.4 Å². The number of amides is 1. The number of hydrogen-bond donors (Lipinski definition) is 1. The van der Waals surface area contributed by atoms with Gasteiger partial charge in [-0.2, -0.15) is 0 Å². The third kappa shape index (κ3) is 3.91. The summed E-state index contributed by atoms with van der Waals surface area (Å²) in [5, 5.41) is 2.87. The molecule has 0 bridgehead atoms. The van der Waals surface area contributed by atoms with Crippen molar-refractivity contribution < 1.29 is 9.53 Å². The highest BCUT2D eigenvalue weighted by Crippen LogP contribution is 2.18. The molecule has 1 heterocycles. The number of nitrogens with one attached hydrogen (secondary N) is 1. The van der Waals surface area contributed by atoms with E-state index in [1.807, 2.05) is 42.8 Å². The second-order valence-corrected chi connectivity index (χ2v) is 5.75. The van der Waals surface area contributed by atoms with Crippen molar-refractivity contribution in [2.45, 2.75) is 26.7 Å².